The third-order valence-electron chi connectivity index (χ3n) is 5.86. The molecule has 3 rings (SSSR count). The van der Waals surface area contributed by atoms with E-state index >= 15 is 0 Å². The standard InChI is InChI=1S/C25H30F2N2/c1-18(2)20(4)29(16-22-10-6-12-24(26)25(22)27)17-23-11-7-13-28(23)15-21-9-5-8-19(3)14-21/h5-14,18,20H,15-17H2,1-4H3/p+1/t20-/m0/s1. The van der Waals surface area contributed by atoms with Crippen molar-refractivity contribution in [1.82, 2.24) is 4.57 Å². The topological polar surface area (TPSA) is 9.37 Å². The van der Waals surface area contributed by atoms with Crippen LogP contribution in [0.2, 0.25) is 0 Å². The highest BCUT2D eigenvalue weighted by atomic mass is 19.2. The minimum Gasteiger partial charge on any atom is -0.342 e. The van der Waals surface area contributed by atoms with Gasteiger partial charge in [0.15, 0.2) is 11.6 Å². The molecule has 0 bridgehead atoms. The van der Waals surface area contributed by atoms with Gasteiger partial charge in [-0.2, -0.15) is 0 Å². The molecule has 0 saturated carbocycles. The van der Waals surface area contributed by atoms with Gasteiger partial charge in [0.05, 0.1) is 11.7 Å². The molecule has 1 heterocycles. The normalized spacial score (nSPS) is 13.6. The Morgan fingerprint density at radius 1 is 0.931 bits per heavy atom. The predicted molar refractivity (Wildman–Crippen MR) is 114 cm³/mol. The van der Waals surface area contributed by atoms with Crippen LogP contribution in [-0.4, -0.2) is 10.6 Å². The maximum Gasteiger partial charge on any atom is 0.167 e. The van der Waals surface area contributed by atoms with Crippen molar-refractivity contribution >= 4 is 0 Å². The first-order valence-corrected chi connectivity index (χ1v) is 10.3. The zero-order valence-electron chi connectivity index (χ0n) is 17.8. The zero-order chi connectivity index (χ0) is 21.0. The molecule has 2 aromatic carbocycles. The van der Waals surface area contributed by atoms with Gasteiger partial charge in [-0.3, -0.25) is 0 Å². The second kappa shape index (κ2) is 9.36. The maximum absolute atomic E-state index is 14.3. The Balaban J connectivity index is 1.83. The van der Waals surface area contributed by atoms with Crippen LogP contribution in [0.3, 0.4) is 0 Å². The molecule has 1 N–H and O–H groups in total. The lowest BCUT2D eigenvalue weighted by Gasteiger charge is -2.29. The molecular weight excluding hydrogens is 366 g/mol. The highest BCUT2D eigenvalue weighted by Gasteiger charge is 2.24. The van der Waals surface area contributed by atoms with E-state index in [1.807, 2.05) is 0 Å². The Kier molecular flexibility index (Phi) is 6.86. The van der Waals surface area contributed by atoms with Gasteiger partial charge >= 0.3 is 0 Å². The molecule has 0 amide bonds. The average Bonchev–Trinajstić information content (AvgIpc) is 3.10. The first kappa shape index (κ1) is 21.3. The van der Waals surface area contributed by atoms with Gasteiger partial charge in [0.25, 0.3) is 0 Å². The van der Waals surface area contributed by atoms with E-state index in [1.165, 1.54) is 27.8 Å². The van der Waals surface area contributed by atoms with Crippen LogP contribution in [0.1, 0.15) is 43.2 Å². The molecule has 1 unspecified atom stereocenters. The van der Waals surface area contributed by atoms with Gasteiger partial charge in [0.2, 0.25) is 0 Å². The largest absolute Gasteiger partial charge is 0.342 e. The summed E-state index contributed by atoms with van der Waals surface area (Å²) < 4.78 is 30.3. The fourth-order valence-corrected chi connectivity index (χ4v) is 3.79. The summed E-state index contributed by atoms with van der Waals surface area (Å²) in [5, 5.41) is 0. The van der Waals surface area contributed by atoms with E-state index in [1.54, 1.807) is 12.1 Å². The summed E-state index contributed by atoms with van der Waals surface area (Å²) in [7, 11) is 0. The number of rotatable bonds is 8. The number of hydrogen-bond acceptors (Lipinski definition) is 0. The number of quaternary nitrogens is 1. The molecule has 29 heavy (non-hydrogen) atoms. The van der Waals surface area contributed by atoms with E-state index in [0.29, 0.717) is 24.1 Å². The molecule has 0 saturated heterocycles. The molecular formula is C25H31F2N2+. The molecule has 0 radical (unpaired) electrons. The van der Waals surface area contributed by atoms with Crippen molar-refractivity contribution in [1.29, 1.82) is 0 Å². The summed E-state index contributed by atoms with van der Waals surface area (Å²) >= 11 is 0. The molecule has 154 valence electrons. The Morgan fingerprint density at radius 3 is 2.41 bits per heavy atom. The summed E-state index contributed by atoms with van der Waals surface area (Å²) in [4.78, 5) is 1.23. The number of halogens is 2. The van der Waals surface area contributed by atoms with Crippen LogP contribution in [0.5, 0.6) is 0 Å². The van der Waals surface area contributed by atoms with Crippen LogP contribution >= 0.6 is 0 Å². The number of nitrogens with zero attached hydrogens (tertiary/aromatic N) is 1. The number of aryl methyl sites for hydroxylation is 1. The smallest absolute Gasteiger partial charge is 0.167 e. The molecule has 0 spiro atoms. The summed E-state index contributed by atoms with van der Waals surface area (Å²) in [5.41, 5.74) is 4.14. The SMILES string of the molecule is Cc1cccc(Cn2cccc2C[NH+](Cc2cccc(F)c2F)[C@@H](C)C(C)C)c1. The van der Waals surface area contributed by atoms with Crippen LogP contribution in [0, 0.1) is 24.5 Å². The third-order valence-corrected chi connectivity index (χ3v) is 5.86. The van der Waals surface area contributed by atoms with Crippen LogP contribution in [-0.2, 0) is 19.6 Å². The van der Waals surface area contributed by atoms with Gasteiger partial charge in [-0.1, -0.05) is 55.8 Å². The van der Waals surface area contributed by atoms with Gasteiger partial charge in [0.1, 0.15) is 13.1 Å². The van der Waals surface area contributed by atoms with E-state index in [4.69, 9.17) is 0 Å². The average molecular weight is 398 g/mol. The van der Waals surface area contributed by atoms with Crippen molar-refractivity contribution in [2.24, 2.45) is 5.92 Å². The monoisotopic (exact) mass is 397 g/mol. The minimum atomic E-state index is -0.776. The Bertz CT molecular complexity index is 946. The first-order valence-electron chi connectivity index (χ1n) is 10.3. The number of aromatic nitrogens is 1. The van der Waals surface area contributed by atoms with Gasteiger partial charge in [-0.25, -0.2) is 8.78 Å². The zero-order valence-corrected chi connectivity index (χ0v) is 17.8. The lowest BCUT2D eigenvalue weighted by molar-refractivity contribution is -0.954. The molecule has 2 atom stereocenters. The summed E-state index contributed by atoms with van der Waals surface area (Å²) in [6.07, 6.45) is 2.10. The van der Waals surface area contributed by atoms with Crippen molar-refractivity contribution in [3.63, 3.8) is 0 Å². The molecule has 1 aromatic heterocycles. The second-order valence-corrected chi connectivity index (χ2v) is 8.37. The minimum absolute atomic E-state index is 0.306. The molecule has 0 aliphatic carbocycles. The predicted octanol–water partition coefficient (Wildman–Crippen LogP) is 4.75. The highest BCUT2D eigenvalue weighted by Crippen LogP contribution is 2.13. The van der Waals surface area contributed by atoms with E-state index in [9.17, 15) is 8.78 Å². The summed E-state index contributed by atoms with van der Waals surface area (Å²) in [5.74, 6) is -1.07. The first-order chi connectivity index (χ1) is 13.8. The fourth-order valence-electron chi connectivity index (χ4n) is 3.79. The lowest BCUT2D eigenvalue weighted by atomic mass is 10.0. The molecule has 3 aromatic rings. The van der Waals surface area contributed by atoms with E-state index in [0.717, 1.165) is 13.1 Å². The Labute approximate surface area is 172 Å². The Hall–Kier alpha value is -2.46. The van der Waals surface area contributed by atoms with Crippen LogP contribution in [0.15, 0.2) is 60.8 Å². The lowest BCUT2D eigenvalue weighted by Crippen LogP contribution is -3.13. The number of hydrogen-bond donors (Lipinski definition) is 1. The van der Waals surface area contributed by atoms with Gasteiger partial charge < -0.3 is 9.47 Å². The van der Waals surface area contributed by atoms with Crippen molar-refractivity contribution < 1.29 is 13.7 Å². The van der Waals surface area contributed by atoms with Gasteiger partial charge in [-0.05, 0) is 37.6 Å². The molecule has 4 heteroatoms. The number of nitrogens with one attached hydrogen (secondary N) is 1. The summed E-state index contributed by atoms with van der Waals surface area (Å²) in [6.45, 7) is 10.7. The maximum atomic E-state index is 14.3. The van der Waals surface area contributed by atoms with Crippen LogP contribution in [0.4, 0.5) is 8.78 Å². The highest BCUT2D eigenvalue weighted by molar-refractivity contribution is 5.23. The third kappa shape index (κ3) is 5.33. The molecule has 0 fully saturated rings. The van der Waals surface area contributed by atoms with Crippen LogP contribution in [0.25, 0.3) is 0 Å². The van der Waals surface area contributed by atoms with Gasteiger partial charge in [-0.15, -0.1) is 0 Å². The molecule has 0 aliphatic heterocycles. The Morgan fingerprint density at radius 2 is 1.69 bits per heavy atom. The van der Waals surface area contributed by atoms with Crippen molar-refractivity contribution in [3.05, 3.63) is 94.8 Å². The summed E-state index contributed by atoms with van der Waals surface area (Å²) in [6, 6.07) is 17.5. The van der Waals surface area contributed by atoms with Crippen LogP contribution < -0.4 is 4.90 Å². The fraction of sp³-hybridized carbons (Fsp3) is 0.360. The van der Waals surface area contributed by atoms with E-state index < -0.39 is 11.6 Å². The molecule has 0 aliphatic rings. The number of benzene rings is 2. The van der Waals surface area contributed by atoms with Crippen molar-refractivity contribution in [3.8, 4) is 0 Å². The quantitative estimate of drug-likeness (QED) is 0.562. The van der Waals surface area contributed by atoms with Gasteiger partial charge in [0, 0.05) is 24.2 Å². The van der Waals surface area contributed by atoms with E-state index in [-0.39, 0.29) is 0 Å². The second-order valence-electron chi connectivity index (χ2n) is 8.37. The molecule has 2 nitrogen and oxygen atoms in total. The van der Waals surface area contributed by atoms with Crippen molar-refractivity contribution in [2.45, 2.75) is 53.4 Å². The van der Waals surface area contributed by atoms with Crippen molar-refractivity contribution in [2.75, 3.05) is 0 Å². The van der Waals surface area contributed by atoms with E-state index in [2.05, 4.69) is 74.9 Å².